The predicted octanol–water partition coefficient (Wildman–Crippen LogP) is 1.98. The van der Waals surface area contributed by atoms with Crippen LogP contribution in [0.3, 0.4) is 0 Å². The van der Waals surface area contributed by atoms with E-state index < -0.39 is 6.04 Å². The maximum atomic E-state index is 11.7. The SMILES string of the molecule is CSCC(NC(=O)CCOCCCCCC(C)=O)C(C)=O. The highest BCUT2D eigenvalue weighted by Gasteiger charge is 2.15. The Morgan fingerprint density at radius 2 is 1.76 bits per heavy atom. The van der Waals surface area contributed by atoms with Crippen molar-refractivity contribution in [3.8, 4) is 0 Å². The van der Waals surface area contributed by atoms with Crippen LogP contribution in [0.1, 0.15) is 46.0 Å². The van der Waals surface area contributed by atoms with E-state index >= 15 is 0 Å². The third kappa shape index (κ3) is 12.6. The lowest BCUT2D eigenvalue weighted by Gasteiger charge is -2.14. The first-order valence-electron chi connectivity index (χ1n) is 7.33. The number of carbonyl (C=O) groups excluding carboxylic acids is 3. The van der Waals surface area contributed by atoms with E-state index in [0.717, 1.165) is 19.3 Å². The van der Waals surface area contributed by atoms with Crippen molar-refractivity contribution in [2.75, 3.05) is 25.2 Å². The molecule has 1 atom stereocenters. The topological polar surface area (TPSA) is 72.5 Å². The Morgan fingerprint density at radius 1 is 1.05 bits per heavy atom. The molecule has 122 valence electrons. The van der Waals surface area contributed by atoms with Crippen LogP contribution in [0.4, 0.5) is 0 Å². The number of ether oxygens (including phenoxy) is 1. The molecular weight excluding hydrogens is 290 g/mol. The molecular formula is C15H27NO4S. The fraction of sp³-hybridized carbons (Fsp3) is 0.800. The molecule has 0 saturated carbocycles. The van der Waals surface area contributed by atoms with Gasteiger partial charge in [-0.15, -0.1) is 0 Å². The summed E-state index contributed by atoms with van der Waals surface area (Å²) in [4.78, 5) is 33.7. The lowest BCUT2D eigenvalue weighted by molar-refractivity contribution is -0.127. The number of thioether (sulfide) groups is 1. The van der Waals surface area contributed by atoms with Crippen LogP contribution < -0.4 is 5.32 Å². The number of carbonyl (C=O) groups is 3. The van der Waals surface area contributed by atoms with Crippen molar-refractivity contribution in [2.24, 2.45) is 0 Å². The Kier molecular flexibility index (Phi) is 12.3. The second-order valence-electron chi connectivity index (χ2n) is 5.06. The van der Waals surface area contributed by atoms with Gasteiger partial charge in [0.25, 0.3) is 0 Å². The quantitative estimate of drug-likeness (QED) is 0.526. The van der Waals surface area contributed by atoms with Gasteiger partial charge in [0.2, 0.25) is 5.91 Å². The summed E-state index contributed by atoms with van der Waals surface area (Å²) < 4.78 is 5.38. The number of hydrogen-bond donors (Lipinski definition) is 1. The van der Waals surface area contributed by atoms with Crippen molar-refractivity contribution in [2.45, 2.75) is 52.0 Å². The summed E-state index contributed by atoms with van der Waals surface area (Å²) in [6.45, 7) is 4.05. The molecule has 0 heterocycles. The molecule has 0 aliphatic rings. The first kappa shape index (κ1) is 20.1. The van der Waals surface area contributed by atoms with Crippen molar-refractivity contribution >= 4 is 29.2 Å². The Hall–Kier alpha value is -0.880. The van der Waals surface area contributed by atoms with Crippen LogP contribution in [0.2, 0.25) is 0 Å². The van der Waals surface area contributed by atoms with Gasteiger partial charge in [-0.05, 0) is 32.9 Å². The van der Waals surface area contributed by atoms with E-state index in [4.69, 9.17) is 4.74 Å². The number of rotatable bonds is 13. The minimum atomic E-state index is -0.404. The zero-order chi connectivity index (χ0) is 16.1. The van der Waals surface area contributed by atoms with Crippen LogP contribution >= 0.6 is 11.8 Å². The van der Waals surface area contributed by atoms with Crippen molar-refractivity contribution in [1.29, 1.82) is 0 Å². The van der Waals surface area contributed by atoms with Gasteiger partial charge in [0.05, 0.1) is 12.6 Å². The van der Waals surface area contributed by atoms with Crippen LogP contribution in [0.15, 0.2) is 0 Å². The first-order valence-corrected chi connectivity index (χ1v) is 8.72. The van der Waals surface area contributed by atoms with Crippen molar-refractivity contribution in [3.63, 3.8) is 0 Å². The molecule has 0 aromatic heterocycles. The van der Waals surface area contributed by atoms with Gasteiger partial charge < -0.3 is 14.8 Å². The Morgan fingerprint density at radius 3 is 2.33 bits per heavy atom. The highest BCUT2D eigenvalue weighted by Crippen LogP contribution is 2.02. The van der Waals surface area contributed by atoms with Crippen LogP contribution in [-0.4, -0.2) is 48.7 Å². The van der Waals surface area contributed by atoms with Gasteiger partial charge in [0.1, 0.15) is 5.78 Å². The number of ketones is 2. The molecule has 1 N–H and O–H groups in total. The summed E-state index contributed by atoms with van der Waals surface area (Å²) >= 11 is 1.53. The molecule has 0 spiro atoms. The normalized spacial score (nSPS) is 12.0. The second-order valence-corrected chi connectivity index (χ2v) is 5.97. The van der Waals surface area contributed by atoms with Crippen molar-refractivity contribution in [3.05, 3.63) is 0 Å². The molecule has 21 heavy (non-hydrogen) atoms. The van der Waals surface area contributed by atoms with Gasteiger partial charge in [0, 0.05) is 25.2 Å². The van der Waals surface area contributed by atoms with E-state index in [1.165, 1.54) is 18.7 Å². The molecule has 0 saturated heterocycles. The highest BCUT2D eigenvalue weighted by atomic mass is 32.2. The smallest absolute Gasteiger partial charge is 0.222 e. The number of hydrogen-bond acceptors (Lipinski definition) is 5. The van der Waals surface area contributed by atoms with E-state index in [9.17, 15) is 14.4 Å². The lowest BCUT2D eigenvalue weighted by Crippen LogP contribution is -2.41. The molecule has 6 heteroatoms. The maximum absolute atomic E-state index is 11.7. The predicted molar refractivity (Wildman–Crippen MR) is 85.6 cm³/mol. The Labute approximate surface area is 131 Å². The molecule has 0 aliphatic heterocycles. The zero-order valence-electron chi connectivity index (χ0n) is 13.3. The molecule has 0 aromatic rings. The van der Waals surface area contributed by atoms with Gasteiger partial charge in [-0.3, -0.25) is 9.59 Å². The summed E-state index contributed by atoms with van der Waals surface area (Å²) in [5, 5.41) is 2.71. The average molecular weight is 317 g/mol. The summed E-state index contributed by atoms with van der Waals surface area (Å²) in [5.74, 6) is 0.640. The summed E-state index contributed by atoms with van der Waals surface area (Å²) in [6.07, 6.45) is 5.56. The standard InChI is InChI=1S/C15H27NO4S/c1-12(17)7-5-4-6-9-20-10-8-15(19)16-14(11-21-3)13(2)18/h14H,4-11H2,1-3H3,(H,16,19). The highest BCUT2D eigenvalue weighted by molar-refractivity contribution is 7.98. The van der Waals surface area contributed by atoms with E-state index in [2.05, 4.69) is 5.32 Å². The first-order chi connectivity index (χ1) is 9.97. The Bertz CT molecular complexity index is 334. The fourth-order valence-electron chi connectivity index (χ4n) is 1.72. The van der Waals surface area contributed by atoms with Crippen LogP contribution in [0.25, 0.3) is 0 Å². The molecule has 0 radical (unpaired) electrons. The number of nitrogens with one attached hydrogen (secondary N) is 1. The summed E-state index contributed by atoms with van der Waals surface area (Å²) in [5.41, 5.74) is 0. The zero-order valence-corrected chi connectivity index (χ0v) is 14.1. The molecule has 0 fully saturated rings. The largest absolute Gasteiger partial charge is 0.381 e. The number of Topliss-reactive ketones (excluding diaryl/α,β-unsaturated/α-hetero) is 2. The van der Waals surface area contributed by atoms with Crippen molar-refractivity contribution < 1.29 is 19.1 Å². The van der Waals surface area contributed by atoms with Gasteiger partial charge >= 0.3 is 0 Å². The van der Waals surface area contributed by atoms with E-state index in [-0.39, 0.29) is 23.9 Å². The fourth-order valence-corrected chi connectivity index (χ4v) is 2.37. The van der Waals surface area contributed by atoms with E-state index in [1.807, 2.05) is 6.26 Å². The van der Waals surface area contributed by atoms with Crippen molar-refractivity contribution in [1.82, 2.24) is 5.32 Å². The van der Waals surface area contributed by atoms with Gasteiger partial charge in [-0.25, -0.2) is 0 Å². The Balaban J connectivity index is 3.57. The second kappa shape index (κ2) is 12.8. The lowest BCUT2D eigenvalue weighted by atomic mass is 10.1. The average Bonchev–Trinajstić information content (AvgIpc) is 2.40. The van der Waals surface area contributed by atoms with Gasteiger partial charge in [-0.2, -0.15) is 11.8 Å². The van der Waals surface area contributed by atoms with E-state index in [1.54, 1.807) is 6.92 Å². The molecule has 5 nitrogen and oxygen atoms in total. The maximum Gasteiger partial charge on any atom is 0.222 e. The summed E-state index contributed by atoms with van der Waals surface area (Å²) in [7, 11) is 0. The number of unbranched alkanes of at least 4 members (excludes halogenated alkanes) is 2. The van der Waals surface area contributed by atoms with Crippen LogP contribution in [-0.2, 0) is 19.1 Å². The summed E-state index contributed by atoms with van der Waals surface area (Å²) in [6, 6.07) is -0.404. The monoisotopic (exact) mass is 317 g/mol. The number of amides is 1. The molecule has 0 aliphatic carbocycles. The van der Waals surface area contributed by atoms with Gasteiger partial charge in [0.15, 0.2) is 5.78 Å². The molecule has 0 rings (SSSR count). The van der Waals surface area contributed by atoms with E-state index in [0.29, 0.717) is 25.4 Å². The minimum absolute atomic E-state index is 0.0240. The third-order valence-corrected chi connectivity index (χ3v) is 3.62. The molecule has 1 amide bonds. The van der Waals surface area contributed by atoms with Gasteiger partial charge in [-0.1, -0.05) is 6.42 Å². The molecule has 0 bridgehead atoms. The van der Waals surface area contributed by atoms with Crippen LogP contribution in [0, 0.1) is 0 Å². The molecule has 1 unspecified atom stereocenters. The van der Waals surface area contributed by atoms with Crippen LogP contribution in [0.5, 0.6) is 0 Å². The molecule has 0 aromatic carbocycles. The minimum Gasteiger partial charge on any atom is -0.381 e. The third-order valence-electron chi connectivity index (χ3n) is 2.95.